The Morgan fingerprint density at radius 2 is 0.824 bits per heavy atom. The highest BCUT2D eigenvalue weighted by Gasteiger charge is 2.24. The Balaban J connectivity index is 0.00000197. The molecule has 0 aromatic carbocycles. The maximum atomic E-state index is 13.7. The molecule has 68 heavy (non-hydrogen) atoms. The number of hydrogen-bond acceptors (Lipinski definition) is 6. The first-order valence-corrected chi connectivity index (χ1v) is 30.6. The van der Waals surface area contributed by atoms with Gasteiger partial charge < -0.3 is 19.3 Å². The minimum atomic E-state index is -0.000547. The summed E-state index contributed by atoms with van der Waals surface area (Å²) < 4.78 is 10.9. The second kappa shape index (κ2) is 53.2. The van der Waals surface area contributed by atoms with Gasteiger partial charge in [0.05, 0.1) is 13.2 Å². The van der Waals surface area contributed by atoms with Crippen LogP contribution in [0, 0.1) is 11.8 Å². The van der Waals surface area contributed by atoms with Gasteiger partial charge in [0.25, 0.3) is 6.47 Å². The Morgan fingerprint density at radius 1 is 0.456 bits per heavy atom. The number of nitrogens with zero attached hydrogens (tertiary/aromatic N) is 2. The van der Waals surface area contributed by atoms with Gasteiger partial charge in [0.1, 0.15) is 0 Å². The third kappa shape index (κ3) is 43.2. The second-order valence-corrected chi connectivity index (χ2v) is 21.4. The zero-order valence-electron chi connectivity index (χ0n) is 46.9. The van der Waals surface area contributed by atoms with Gasteiger partial charge in [-0.3, -0.25) is 14.4 Å². The van der Waals surface area contributed by atoms with Crippen molar-refractivity contribution in [2.24, 2.45) is 11.8 Å². The van der Waals surface area contributed by atoms with Gasteiger partial charge in [-0.15, -0.1) is 0 Å². The van der Waals surface area contributed by atoms with Crippen molar-refractivity contribution in [2.75, 3.05) is 39.4 Å². The van der Waals surface area contributed by atoms with E-state index < -0.39 is 0 Å². The van der Waals surface area contributed by atoms with Crippen molar-refractivity contribution in [3.05, 3.63) is 0 Å². The van der Waals surface area contributed by atoms with Gasteiger partial charge in [0.2, 0.25) is 5.91 Å². The van der Waals surface area contributed by atoms with E-state index in [2.05, 4.69) is 51.3 Å². The average molecular weight is 962 g/mol. The number of hydrogen-bond donors (Lipinski definition) is 0. The van der Waals surface area contributed by atoms with E-state index in [4.69, 9.17) is 9.47 Å². The van der Waals surface area contributed by atoms with Crippen LogP contribution in [0.15, 0.2) is 0 Å². The van der Waals surface area contributed by atoms with Crippen LogP contribution in [-0.2, 0) is 23.9 Å². The number of ether oxygens (including phenoxy) is 2. The average Bonchev–Trinajstić information content (AvgIpc) is 3.87. The minimum absolute atomic E-state index is 0.000547. The molecule has 1 aliphatic heterocycles. The summed E-state index contributed by atoms with van der Waals surface area (Å²) in [5, 5.41) is 0. The van der Waals surface area contributed by atoms with Gasteiger partial charge in [-0.1, -0.05) is 234 Å². The van der Waals surface area contributed by atoms with Crippen LogP contribution in [0.4, 0.5) is 0 Å². The second-order valence-electron chi connectivity index (χ2n) is 21.4. The molecule has 0 spiro atoms. The molecule has 1 fully saturated rings. The molecule has 7 nitrogen and oxygen atoms in total. The molecule has 0 aromatic heterocycles. The van der Waals surface area contributed by atoms with Crippen molar-refractivity contribution >= 4 is 18.3 Å². The van der Waals surface area contributed by atoms with E-state index in [1.807, 2.05) is 0 Å². The lowest BCUT2D eigenvalue weighted by molar-refractivity contribution is -0.145. The monoisotopic (exact) mass is 961 g/mol. The third-order valence-electron chi connectivity index (χ3n) is 14.9. The minimum Gasteiger partial charge on any atom is -0.468 e. The molecule has 1 saturated heterocycles. The van der Waals surface area contributed by atoms with Gasteiger partial charge in [-0.25, -0.2) is 0 Å². The Morgan fingerprint density at radius 3 is 1.28 bits per heavy atom. The molecule has 0 bridgehead atoms. The molecule has 0 radical (unpaired) electrons. The Labute approximate surface area is 425 Å². The third-order valence-corrected chi connectivity index (χ3v) is 14.9. The van der Waals surface area contributed by atoms with Crippen LogP contribution in [-0.4, -0.2) is 73.6 Å². The maximum absolute atomic E-state index is 13.7. The van der Waals surface area contributed by atoms with E-state index in [1.54, 1.807) is 0 Å². The summed E-state index contributed by atoms with van der Waals surface area (Å²) in [4.78, 5) is 41.7. The lowest BCUT2D eigenvalue weighted by Crippen LogP contribution is -2.42. The molecule has 0 N–H and O–H groups in total. The van der Waals surface area contributed by atoms with E-state index in [9.17, 15) is 14.4 Å². The fourth-order valence-electron chi connectivity index (χ4n) is 10.3. The Hall–Kier alpha value is -1.63. The fourth-order valence-corrected chi connectivity index (χ4v) is 10.3. The first-order chi connectivity index (χ1) is 33.4. The predicted molar refractivity (Wildman–Crippen MR) is 294 cm³/mol. The molecule has 1 amide bonds. The summed E-state index contributed by atoms with van der Waals surface area (Å²) in [7, 11) is 0. The molecule has 0 aliphatic carbocycles. The van der Waals surface area contributed by atoms with Crippen molar-refractivity contribution in [2.45, 2.75) is 324 Å². The summed E-state index contributed by atoms with van der Waals surface area (Å²) in [5.41, 5.74) is 0. The number of likely N-dealkylation sites (tertiary alicyclic amines) is 1. The van der Waals surface area contributed by atoms with Crippen LogP contribution >= 0.6 is 0 Å². The molecule has 1 aliphatic rings. The number of carbonyl (C=O) groups excluding carboxylic acids is 3. The fraction of sp³-hybridized carbons (Fsp3) is 0.951. The zero-order chi connectivity index (χ0) is 49.8. The molecule has 3 atom stereocenters. The smallest absolute Gasteiger partial charge is 0.305 e. The highest BCUT2D eigenvalue weighted by atomic mass is 16.5. The van der Waals surface area contributed by atoms with E-state index in [0.717, 1.165) is 58.0 Å². The lowest BCUT2D eigenvalue weighted by Gasteiger charge is -2.33. The normalized spacial score (nSPS) is 14.0. The summed E-state index contributed by atoms with van der Waals surface area (Å²) in [5.74, 6) is 1.51. The Bertz CT molecular complexity index is 1050. The van der Waals surface area contributed by atoms with E-state index in [0.29, 0.717) is 56.3 Å². The van der Waals surface area contributed by atoms with Gasteiger partial charge >= 0.3 is 5.97 Å². The van der Waals surface area contributed by atoms with Crippen molar-refractivity contribution in [3.8, 4) is 0 Å². The van der Waals surface area contributed by atoms with Crippen LogP contribution in [0.1, 0.15) is 318 Å². The topological polar surface area (TPSA) is 76.2 Å². The van der Waals surface area contributed by atoms with Gasteiger partial charge in [-0.2, -0.15) is 0 Å². The summed E-state index contributed by atoms with van der Waals surface area (Å²) in [6, 6.07) is 0.348. The van der Waals surface area contributed by atoms with Gasteiger partial charge in [0.15, 0.2) is 0 Å². The first-order valence-electron chi connectivity index (χ1n) is 30.6. The first kappa shape index (κ1) is 66.4. The van der Waals surface area contributed by atoms with Crippen LogP contribution in [0.2, 0.25) is 0 Å². The van der Waals surface area contributed by atoms with Gasteiger partial charge in [0, 0.05) is 25.4 Å². The standard InChI is InChI=1S/C44H86N2O3.C17H34O2/c1-5-9-13-17-19-22-31-41(30-21-15-11-7-3)40-49-44(48)35-26-20-24-33-42(32-23-16-12-8-4)46(39-29-38-45-36-27-28-37-45)43(47)34-25-18-14-10-6-2;1-3-5-7-9-10-12-14-17(15-19-16-18)13-11-8-6-4-2/h41-42H,5-40H2,1-4H3;16-17H,3-15H2,1-2H3. The number of carbonyl (C=O) groups is 3. The predicted octanol–water partition coefficient (Wildman–Crippen LogP) is 18.3. The van der Waals surface area contributed by atoms with Crippen LogP contribution in [0.3, 0.4) is 0 Å². The SMILES string of the molecule is CCCCCCCCC(CCCCCC)COC(=O)CCCCCC(CCCCCC)N(CCCN1CCCC1)C(=O)CCCCCCC.CCCCCCCCC(CCCCCC)COC=O. The summed E-state index contributed by atoms with van der Waals surface area (Å²) in [6.45, 7) is 19.9. The number of unbranched alkanes of at least 4 members (excludes halogenated alkanes) is 25. The molecular formula is C61H120N2O5. The van der Waals surface area contributed by atoms with E-state index in [1.165, 1.54) is 231 Å². The summed E-state index contributed by atoms with van der Waals surface area (Å²) >= 11 is 0. The number of rotatable bonds is 51. The molecule has 0 saturated carbocycles. The molecule has 0 aromatic rings. The Kier molecular flexibility index (Phi) is 51.9. The van der Waals surface area contributed by atoms with Crippen molar-refractivity contribution in [1.29, 1.82) is 0 Å². The van der Waals surface area contributed by atoms with E-state index >= 15 is 0 Å². The lowest BCUT2D eigenvalue weighted by atomic mass is 9.95. The number of esters is 1. The van der Waals surface area contributed by atoms with Crippen molar-refractivity contribution < 1.29 is 23.9 Å². The highest BCUT2D eigenvalue weighted by Crippen LogP contribution is 2.24. The molecule has 7 heteroatoms. The van der Waals surface area contributed by atoms with E-state index in [-0.39, 0.29) is 5.97 Å². The zero-order valence-corrected chi connectivity index (χ0v) is 46.9. The summed E-state index contributed by atoms with van der Waals surface area (Å²) in [6.07, 6.45) is 52.5. The largest absolute Gasteiger partial charge is 0.468 e. The number of amides is 1. The quantitative estimate of drug-likeness (QED) is 0.0343. The molecule has 404 valence electrons. The molecule has 1 rings (SSSR count). The van der Waals surface area contributed by atoms with Crippen LogP contribution in [0.5, 0.6) is 0 Å². The highest BCUT2D eigenvalue weighted by molar-refractivity contribution is 5.76. The molecule has 1 heterocycles. The molecule has 3 unspecified atom stereocenters. The maximum Gasteiger partial charge on any atom is 0.305 e. The van der Waals surface area contributed by atoms with Crippen LogP contribution in [0.25, 0.3) is 0 Å². The molecular weight excluding hydrogens is 841 g/mol. The van der Waals surface area contributed by atoms with Crippen molar-refractivity contribution in [3.63, 3.8) is 0 Å². The van der Waals surface area contributed by atoms with Gasteiger partial charge in [-0.05, 0) is 102 Å². The van der Waals surface area contributed by atoms with Crippen molar-refractivity contribution in [1.82, 2.24) is 9.80 Å². The van der Waals surface area contributed by atoms with Crippen LogP contribution < -0.4 is 0 Å².